The normalized spacial score (nSPS) is 10.8. The zero-order valence-corrected chi connectivity index (χ0v) is 21.0. The number of benzene rings is 3. The molecule has 7 heteroatoms. The summed E-state index contributed by atoms with van der Waals surface area (Å²) in [5.74, 6) is 1.65. The number of carbonyl (C=O) groups is 1. The molecule has 1 N–H and O–H groups in total. The van der Waals surface area contributed by atoms with E-state index in [0.717, 1.165) is 22.2 Å². The van der Waals surface area contributed by atoms with Gasteiger partial charge in [-0.1, -0.05) is 24.3 Å². The molecule has 0 fully saturated rings. The number of para-hydroxylation sites is 1. The number of nitrogens with zero attached hydrogens (tertiary/aromatic N) is 1. The second-order valence-corrected chi connectivity index (χ2v) is 8.54. The van der Waals surface area contributed by atoms with Crippen LogP contribution in [0.2, 0.25) is 0 Å². The fraction of sp³-hybridized carbons (Fsp3) is 0.241. The largest absolute Gasteiger partial charge is 0.497 e. The summed E-state index contributed by atoms with van der Waals surface area (Å²) in [6.07, 6.45) is 1.14. The monoisotopic (exact) mass is 486 g/mol. The van der Waals surface area contributed by atoms with Gasteiger partial charge in [-0.3, -0.25) is 14.2 Å². The molecule has 1 heterocycles. The quantitative estimate of drug-likeness (QED) is 0.369. The molecule has 0 saturated carbocycles. The fourth-order valence-electron chi connectivity index (χ4n) is 4.24. The minimum absolute atomic E-state index is 0.110. The Morgan fingerprint density at radius 3 is 2.36 bits per heavy atom. The molecule has 4 aromatic rings. The van der Waals surface area contributed by atoms with E-state index < -0.39 is 0 Å². The topological polar surface area (TPSA) is 78.8 Å². The second kappa shape index (κ2) is 11.0. The lowest BCUT2D eigenvalue weighted by Gasteiger charge is -2.15. The highest BCUT2D eigenvalue weighted by molar-refractivity contribution is 5.92. The molecule has 0 bridgehead atoms. The summed E-state index contributed by atoms with van der Waals surface area (Å²) in [7, 11) is 4.77. The number of aryl methyl sites for hydroxylation is 3. The SMILES string of the molecule is COc1ccc2cc(CCc3ccc(OC)c(OC)c3)c(=O)n(CC(=O)Nc3ccccc3C)c2c1. The highest BCUT2D eigenvalue weighted by Crippen LogP contribution is 2.28. The Bertz CT molecular complexity index is 1460. The summed E-state index contributed by atoms with van der Waals surface area (Å²) in [5.41, 5.74) is 3.78. The molecule has 0 aliphatic heterocycles. The zero-order chi connectivity index (χ0) is 25.7. The van der Waals surface area contributed by atoms with Crippen molar-refractivity contribution in [1.29, 1.82) is 0 Å². The molecule has 7 nitrogen and oxygen atoms in total. The summed E-state index contributed by atoms with van der Waals surface area (Å²) < 4.78 is 17.6. The first-order chi connectivity index (χ1) is 17.4. The molecule has 0 radical (unpaired) electrons. The molecule has 0 atom stereocenters. The molecule has 36 heavy (non-hydrogen) atoms. The number of anilines is 1. The highest BCUT2D eigenvalue weighted by Gasteiger charge is 2.15. The fourth-order valence-corrected chi connectivity index (χ4v) is 4.24. The van der Waals surface area contributed by atoms with Crippen molar-refractivity contribution in [2.45, 2.75) is 26.3 Å². The number of nitrogens with one attached hydrogen (secondary N) is 1. The molecular weight excluding hydrogens is 456 g/mol. The van der Waals surface area contributed by atoms with Gasteiger partial charge in [0.2, 0.25) is 5.91 Å². The number of carbonyl (C=O) groups excluding carboxylic acids is 1. The Kier molecular flexibility index (Phi) is 7.59. The van der Waals surface area contributed by atoms with Crippen LogP contribution in [0.5, 0.6) is 17.2 Å². The molecule has 3 aromatic carbocycles. The van der Waals surface area contributed by atoms with Crippen molar-refractivity contribution >= 4 is 22.5 Å². The highest BCUT2D eigenvalue weighted by atomic mass is 16.5. The third-order valence-corrected chi connectivity index (χ3v) is 6.23. The molecule has 0 spiro atoms. The zero-order valence-electron chi connectivity index (χ0n) is 21.0. The van der Waals surface area contributed by atoms with Crippen LogP contribution in [0.4, 0.5) is 5.69 Å². The lowest BCUT2D eigenvalue weighted by molar-refractivity contribution is -0.116. The molecule has 4 rings (SSSR count). The van der Waals surface area contributed by atoms with Crippen LogP contribution in [0.3, 0.4) is 0 Å². The van der Waals surface area contributed by atoms with Gasteiger partial charge in [-0.05, 0) is 72.7 Å². The standard InChI is InChI=1S/C29H30N2O5/c1-19-7-5-6-8-24(19)30-28(32)18-31-25-17-23(34-2)13-12-21(25)16-22(29(31)33)11-9-20-10-14-26(35-3)27(15-20)36-4/h5-8,10,12-17H,9,11,18H2,1-4H3,(H,30,32). The second-order valence-electron chi connectivity index (χ2n) is 8.54. The molecule has 1 aromatic heterocycles. The first-order valence-corrected chi connectivity index (χ1v) is 11.7. The molecule has 1 amide bonds. The van der Waals surface area contributed by atoms with Gasteiger partial charge in [-0.15, -0.1) is 0 Å². The van der Waals surface area contributed by atoms with E-state index in [4.69, 9.17) is 14.2 Å². The number of rotatable bonds is 9. The van der Waals surface area contributed by atoms with Gasteiger partial charge >= 0.3 is 0 Å². The first kappa shape index (κ1) is 24.9. The van der Waals surface area contributed by atoms with Crippen LogP contribution in [0, 0.1) is 6.92 Å². The maximum atomic E-state index is 13.6. The van der Waals surface area contributed by atoms with Crippen molar-refractivity contribution < 1.29 is 19.0 Å². The van der Waals surface area contributed by atoms with Crippen LogP contribution >= 0.6 is 0 Å². The van der Waals surface area contributed by atoms with E-state index >= 15 is 0 Å². The molecule has 0 aliphatic rings. The number of methoxy groups -OCH3 is 3. The van der Waals surface area contributed by atoms with E-state index in [1.165, 1.54) is 4.57 Å². The molecule has 0 unspecified atom stereocenters. The molecule has 0 saturated heterocycles. The van der Waals surface area contributed by atoms with Crippen LogP contribution in [0.25, 0.3) is 10.9 Å². The Hall–Kier alpha value is -4.26. The van der Waals surface area contributed by atoms with E-state index in [1.54, 1.807) is 27.4 Å². The first-order valence-electron chi connectivity index (χ1n) is 11.7. The van der Waals surface area contributed by atoms with E-state index in [1.807, 2.05) is 67.6 Å². The third kappa shape index (κ3) is 5.35. The van der Waals surface area contributed by atoms with Gasteiger partial charge in [-0.25, -0.2) is 0 Å². The Morgan fingerprint density at radius 1 is 0.861 bits per heavy atom. The van der Waals surface area contributed by atoms with Gasteiger partial charge in [0.1, 0.15) is 12.3 Å². The number of amides is 1. The van der Waals surface area contributed by atoms with E-state index in [2.05, 4.69) is 5.32 Å². The lowest BCUT2D eigenvalue weighted by Crippen LogP contribution is -2.30. The minimum atomic E-state index is -0.271. The Labute approximate surface area is 210 Å². The number of fused-ring (bicyclic) bond motifs is 1. The lowest BCUT2D eigenvalue weighted by atomic mass is 10.0. The van der Waals surface area contributed by atoms with E-state index in [0.29, 0.717) is 41.2 Å². The van der Waals surface area contributed by atoms with Crippen molar-refractivity contribution in [1.82, 2.24) is 4.57 Å². The van der Waals surface area contributed by atoms with Crippen LogP contribution in [-0.2, 0) is 24.2 Å². The number of ether oxygens (including phenoxy) is 3. The maximum absolute atomic E-state index is 13.6. The van der Waals surface area contributed by atoms with Crippen molar-refractivity contribution in [3.05, 3.63) is 93.8 Å². The van der Waals surface area contributed by atoms with Gasteiger partial charge in [-0.2, -0.15) is 0 Å². The van der Waals surface area contributed by atoms with Gasteiger partial charge in [0.15, 0.2) is 11.5 Å². The smallest absolute Gasteiger partial charge is 0.254 e. The van der Waals surface area contributed by atoms with Crippen molar-refractivity contribution in [3.8, 4) is 17.2 Å². The van der Waals surface area contributed by atoms with Crippen molar-refractivity contribution in [3.63, 3.8) is 0 Å². The van der Waals surface area contributed by atoms with E-state index in [9.17, 15) is 9.59 Å². The number of hydrogen-bond acceptors (Lipinski definition) is 5. The van der Waals surface area contributed by atoms with E-state index in [-0.39, 0.29) is 18.0 Å². The summed E-state index contributed by atoms with van der Waals surface area (Å²) >= 11 is 0. The summed E-state index contributed by atoms with van der Waals surface area (Å²) in [6, 6.07) is 20.7. The number of pyridine rings is 1. The van der Waals surface area contributed by atoms with Crippen LogP contribution in [0.1, 0.15) is 16.7 Å². The van der Waals surface area contributed by atoms with Crippen molar-refractivity contribution in [2.24, 2.45) is 0 Å². The van der Waals surface area contributed by atoms with Gasteiger partial charge in [0.25, 0.3) is 5.56 Å². The van der Waals surface area contributed by atoms with Gasteiger partial charge < -0.3 is 19.5 Å². The van der Waals surface area contributed by atoms with Crippen LogP contribution in [0.15, 0.2) is 71.5 Å². The van der Waals surface area contributed by atoms with Gasteiger partial charge in [0.05, 0.1) is 26.8 Å². The Balaban J connectivity index is 1.67. The average molecular weight is 487 g/mol. The van der Waals surface area contributed by atoms with Gasteiger partial charge in [0, 0.05) is 17.3 Å². The summed E-state index contributed by atoms with van der Waals surface area (Å²) in [4.78, 5) is 26.6. The number of aromatic nitrogens is 1. The number of hydrogen-bond donors (Lipinski definition) is 1. The predicted molar refractivity (Wildman–Crippen MR) is 142 cm³/mol. The maximum Gasteiger partial charge on any atom is 0.254 e. The Morgan fingerprint density at radius 2 is 1.64 bits per heavy atom. The summed E-state index contributed by atoms with van der Waals surface area (Å²) in [5, 5.41) is 3.79. The van der Waals surface area contributed by atoms with Crippen molar-refractivity contribution in [2.75, 3.05) is 26.6 Å². The predicted octanol–water partition coefficient (Wildman–Crippen LogP) is 4.76. The molecule has 0 aliphatic carbocycles. The average Bonchev–Trinajstić information content (AvgIpc) is 2.90. The van der Waals surface area contributed by atoms with Crippen LogP contribution in [-0.4, -0.2) is 31.8 Å². The minimum Gasteiger partial charge on any atom is -0.497 e. The van der Waals surface area contributed by atoms with Crippen LogP contribution < -0.4 is 25.1 Å². The summed E-state index contributed by atoms with van der Waals surface area (Å²) in [6.45, 7) is 1.82. The third-order valence-electron chi connectivity index (χ3n) is 6.23. The molecular formula is C29H30N2O5. The molecule has 186 valence electrons.